The molecule has 1 aromatic heterocycles. The van der Waals surface area contributed by atoms with Gasteiger partial charge in [0.1, 0.15) is 0 Å². The van der Waals surface area contributed by atoms with Crippen molar-refractivity contribution >= 4 is 15.7 Å². The number of sulfone groups is 1. The minimum absolute atomic E-state index is 0.193. The number of furan rings is 1. The van der Waals surface area contributed by atoms with Gasteiger partial charge in [0.25, 0.3) is 5.91 Å². The molecule has 1 aromatic rings. The fourth-order valence-corrected chi connectivity index (χ4v) is 4.16. The van der Waals surface area contributed by atoms with Gasteiger partial charge in [0.15, 0.2) is 15.6 Å². The number of carbonyl (C=O) groups is 1. The second kappa shape index (κ2) is 4.97. The van der Waals surface area contributed by atoms with Gasteiger partial charge in [-0.2, -0.15) is 0 Å². The van der Waals surface area contributed by atoms with Crippen LogP contribution in [-0.4, -0.2) is 54.5 Å². The summed E-state index contributed by atoms with van der Waals surface area (Å²) in [5, 5.41) is 9.84. The fraction of sp³-hybridized carbons (Fsp3) is 0.583. The summed E-state index contributed by atoms with van der Waals surface area (Å²) in [5.74, 6) is -0.684. The van der Waals surface area contributed by atoms with Crippen LogP contribution in [0.25, 0.3) is 0 Å². The average Bonchev–Trinajstić information content (AvgIpc) is 2.84. The Morgan fingerprint density at radius 1 is 1.53 bits per heavy atom. The van der Waals surface area contributed by atoms with Gasteiger partial charge in [-0.1, -0.05) is 0 Å². The van der Waals surface area contributed by atoms with Crippen LogP contribution in [0.15, 0.2) is 16.7 Å². The van der Waals surface area contributed by atoms with E-state index in [0.717, 1.165) is 0 Å². The first kappa shape index (κ1) is 14.1. The largest absolute Gasteiger partial charge is 0.459 e. The highest BCUT2D eigenvalue weighted by molar-refractivity contribution is 7.91. The van der Waals surface area contributed by atoms with Gasteiger partial charge >= 0.3 is 0 Å². The third-order valence-electron chi connectivity index (χ3n) is 3.35. The van der Waals surface area contributed by atoms with Crippen LogP contribution < -0.4 is 0 Å². The number of likely N-dealkylation sites (N-methyl/N-ethyl adjacent to an activating group) is 1. The first-order valence-electron chi connectivity index (χ1n) is 6.09. The van der Waals surface area contributed by atoms with Crippen molar-refractivity contribution in [3.8, 4) is 0 Å². The van der Waals surface area contributed by atoms with Crippen molar-refractivity contribution in [1.29, 1.82) is 0 Å². The summed E-state index contributed by atoms with van der Waals surface area (Å²) in [5.41, 5.74) is 0.693. The lowest BCUT2D eigenvalue weighted by Gasteiger charge is -2.28. The van der Waals surface area contributed by atoms with E-state index in [-0.39, 0.29) is 23.2 Å². The van der Waals surface area contributed by atoms with Crippen molar-refractivity contribution in [3.05, 3.63) is 23.7 Å². The number of hydrogen-bond donors (Lipinski definition) is 1. The second-order valence-electron chi connectivity index (χ2n) is 4.74. The van der Waals surface area contributed by atoms with Gasteiger partial charge in [0.05, 0.1) is 29.9 Å². The van der Waals surface area contributed by atoms with Crippen LogP contribution in [0.4, 0.5) is 0 Å². The van der Waals surface area contributed by atoms with Gasteiger partial charge < -0.3 is 14.4 Å². The molecule has 1 aliphatic heterocycles. The van der Waals surface area contributed by atoms with Crippen LogP contribution in [0, 0.1) is 6.92 Å². The van der Waals surface area contributed by atoms with E-state index in [1.165, 1.54) is 11.2 Å². The zero-order valence-corrected chi connectivity index (χ0v) is 11.7. The molecular formula is C12H17NO5S. The summed E-state index contributed by atoms with van der Waals surface area (Å²) in [6.07, 6.45) is 0.377. The number of carbonyl (C=O) groups excluding carboxylic acids is 1. The molecule has 0 aromatic carbocycles. The van der Waals surface area contributed by atoms with Crippen LogP contribution in [-0.2, 0) is 9.84 Å². The van der Waals surface area contributed by atoms with Crippen LogP contribution in [0.5, 0.6) is 0 Å². The van der Waals surface area contributed by atoms with E-state index >= 15 is 0 Å². The Kier molecular flexibility index (Phi) is 3.69. The Morgan fingerprint density at radius 2 is 2.21 bits per heavy atom. The number of aliphatic hydroxyl groups excluding tert-OH is 1. The Balaban J connectivity index is 2.26. The molecule has 0 radical (unpaired) electrons. The summed E-state index contributed by atoms with van der Waals surface area (Å²) >= 11 is 0. The highest BCUT2D eigenvalue weighted by Crippen LogP contribution is 2.21. The quantitative estimate of drug-likeness (QED) is 0.858. The van der Waals surface area contributed by atoms with E-state index in [1.54, 1.807) is 19.9 Å². The van der Waals surface area contributed by atoms with E-state index in [0.29, 0.717) is 12.1 Å². The molecule has 1 amide bonds. The maximum atomic E-state index is 12.3. The molecule has 2 rings (SSSR count). The summed E-state index contributed by atoms with van der Waals surface area (Å²) in [7, 11) is -3.29. The Labute approximate surface area is 111 Å². The molecule has 2 atom stereocenters. The van der Waals surface area contributed by atoms with Crippen LogP contribution in [0.1, 0.15) is 23.0 Å². The third kappa shape index (κ3) is 2.66. The molecule has 2 heterocycles. The zero-order valence-electron chi connectivity index (χ0n) is 10.9. The smallest absolute Gasteiger partial charge is 0.290 e. The van der Waals surface area contributed by atoms with Crippen LogP contribution >= 0.6 is 0 Å². The molecule has 1 aliphatic rings. The first-order valence-corrected chi connectivity index (χ1v) is 7.91. The summed E-state index contributed by atoms with van der Waals surface area (Å²) in [4.78, 5) is 13.7. The molecular weight excluding hydrogens is 270 g/mol. The molecule has 0 spiro atoms. The van der Waals surface area contributed by atoms with E-state index in [2.05, 4.69) is 0 Å². The monoisotopic (exact) mass is 287 g/mol. The Morgan fingerprint density at radius 3 is 2.63 bits per heavy atom. The minimum atomic E-state index is -3.29. The topological polar surface area (TPSA) is 87.8 Å². The molecule has 0 aliphatic carbocycles. The number of rotatable bonds is 3. The summed E-state index contributed by atoms with van der Waals surface area (Å²) in [6.45, 7) is 3.80. The molecule has 1 fully saturated rings. The predicted octanol–water partition coefficient (Wildman–Crippen LogP) is 0.208. The highest BCUT2D eigenvalue weighted by Gasteiger charge is 2.42. The molecule has 7 heteroatoms. The van der Waals surface area contributed by atoms with E-state index in [9.17, 15) is 18.3 Å². The Bertz CT molecular complexity index is 577. The van der Waals surface area contributed by atoms with E-state index in [4.69, 9.17) is 4.42 Å². The normalized spacial score (nSPS) is 25.4. The third-order valence-corrected chi connectivity index (χ3v) is 5.05. The molecule has 0 unspecified atom stereocenters. The van der Waals surface area contributed by atoms with Gasteiger partial charge in [-0.25, -0.2) is 8.42 Å². The molecule has 0 saturated carbocycles. The van der Waals surface area contributed by atoms with Crippen molar-refractivity contribution in [2.45, 2.75) is 26.0 Å². The van der Waals surface area contributed by atoms with Crippen molar-refractivity contribution in [2.75, 3.05) is 18.1 Å². The van der Waals surface area contributed by atoms with E-state index < -0.39 is 22.0 Å². The maximum absolute atomic E-state index is 12.3. The second-order valence-corrected chi connectivity index (χ2v) is 6.89. The lowest BCUT2D eigenvalue weighted by Crippen LogP contribution is -2.46. The van der Waals surface area contributed by atoms with Crippen LogP contribution in [0.2, 0.25) is 0 Å². The van der Waals surface area contributed by atoms with Gasteiger partial charge in [0.2, 0.25) is 0 Å². The number of aryl methyl sites for hydroxylation is 1. The molecule has 1 saturated heterocycles. The van der Waals surface area contributed by atoms with E-state index in [1.807, 2.05) is 0 Å². The lowest BCUT2D eigenvalue weighted by atomic mass is 10.1. The van der Waals surface area contributed by atoms with Gasteiger partial charge in [-0.3, -0.25) is 4.79 Å². The molecule has 6 nitrogen and oxygen atoms in total. The number of hydrogen-bond acceptors (Lipinski definition) is 5. The molecule has 19 heavy (non-hydrogen) atoms. The van der Waals surface area contributed by atoms with Gasteiger partial charge in [-0.05, 0) is 19.9 Å². The van der Waals surface area contributed by atoms with Crippen molar-refractivity contribution in [3.63, 3.8) is 0 Å². The lowest BCUT2D eigenvalue weighted by molar-refractivity contribution is 0.0491. The molecule has 106 valence electrons. The maximum Gasteiger partial charge on any atom is 0.290 e. The molecule has 0 bridgehead atoms. The SMILES string of the molecule is CCN(C(=O)c1occc1C)[C@@H]1CS(=O)(=O)C[C@H]1O. The zero-order chi connectivity index (χ0) is 14.2. The van der Waals surface area contributed by atoms with Crippen LogP contribution in [0.3, 0.4) is 0 Å². The number of nitrogens with zero attached hydrogens (tertiary/aromatic N) is 1. The first-order chi connectivity index (χ1) is 8.85. The van der Waals surface area contributed by atoms with Crippen molar-refractivity contribution in [1.82, 2.24) is 4.90 Å². The number of amides is 1. The minimum Gasteiger partial charge on any atom is -0.459 e. The average molecular weight is 287 g/mol. The van der Waals surface area contributed by atoms with Crippen molar-refractivity contribution < 1.29 is 22.7 Å². The molecule has 1 N–H and O–H groups in total. The summed E-state index contributed by atoms with van der Waals surface area (Å²) < 4.78 is 28.2. The highest BCUT2D eigenvalue weighted by atomic mass is 32.2. The van der Waals surface area contributed by atoms with Gasteiger partial charge in [0, 0.05) is 12.1 Å². The predicted molar refractivity (Wildman–Crippen MR) is 68.6 cm³/mol. The van der Waals surface area contributed by atoms with Crippen molar-refractivity contribution in [2.24, 2.45) is 0 Å². The Hall–Kier alpha value is -1.34. The fourth-order valence-electron chi connectivity index (χ4n) is 2.36. The standard InChI is InChI=1S/C12H17NO5S/c1-3-13(9-6-19(16,17)7-10(9)14)12(15)11-8(2)4-5-18-11/h4-5,9-10,14H,3,6-7H2,1-2H3/t9-,10-/m1/s1. The number of aliphatic hydroxyl groups is 1. The van der Waals surface area contributed by atoms with Gasteiger partial charge in [-0.15, -0.1) is 0 Å². The summed E-state index contributed by atoms with van der Waals surface area (Å²) in [6, 6.07) is 0.968.